The highest BCUT2D eigenvalue weighted by atomic mass is 32.2. The van der Waals surface area contributed by atoms with Crippen LogP contribution in [0.1, 0.15) is 40.7 Å². The van der Waals surface area contributed by atoms with Crippen molar-refractivity contribution in [3.05, 3.63) is 75.2 Å². The molecule has 0 radical (unpaired) electrons. The maximum absolute atomic E-state index is 12.5. The Kier molecular flexibility index (Phi) is 5.80. The summed E-state index contributed by atoms with van der Waals surface area (Å²) in [5, 5.41) is 13.4. The molecule has 3 atom stereocenters. The Labute approximate surface area is 168 Å². The summed E-state index contributed by atoms with van der Waals surface area (Å²) >= 11 is 1.62. The molecule has 1 saturated heterocycles. The Balaban J connectivity index is 1.57. The molecule has 0 bridgehead atoms. The van der Waals surface area contributed by atoms with E-state index in [0.29, 0.717) is 25.9 Å². The smallest absolute Gasteiger partial charge is 0.142 e. The topological polar surface area (TPSA) is 58.9 Å². The number of ether oxygens (including phenoxy) is 1. The number of halogens is 1. The first-order chi connectivity index (χ1) is 13.6. The minimum absolute atomic E-state index is 0.0288. The van der Waals surface area contributed by atoms with E-state index in [9.17, 15) is 14.4 Å². The molecule has 2 heterocycles. The van der Waals surface area contributed by atoms with E-state index in [4.69, 9.17) is 4.74 Å². The third-order valence-corrected chi connectivity index (χ3v) is 7.09. The van der Waals surface area contributed by atoms with Crippen molar-refractivity contribution in [3.8, 4) is 0 Å². The van der Waals surface area contributed by atoms with Crippen LogP contribution in [-0.2, 0) is 29.1 Å². The fourth-order valence-electron chi connectivity index (χ4n) is 4.18. The molecule has 4 rings (SSSR count). The summed E-state index contributed by atoms with van der Waals surface area (Å²) in [5.41, 5.74) is 5.61. The van der Waals surface area contributed by atoms with Crippen molar-refractivity contribution in [2.45, 2.75) is 48.6 Å². The van der Waals surface area contributed by atoms with Crippen LogP contribution in [0.4, 0.5) is 4.39 Å². The van der Waals surface area contributed by atoms with Gasteiger partial charge in [-0.15, -0.1) is 11.8 Å². The predicted octanol–water partition coefficient (Wildman–Crippen LogP) is 4.50. The average Bonchev–Trinajstić information content (AvgIpc) is 3.00. The molecule has 4 nitrogen and oxygen atoms in total. The van der Waals surface area contributed by atoms with Gasteiger partial charge in [0.15, 0.2) is 0 Å². The van der Waals surface area contributed by atoms with Crippen LogP contribution in [0.15, 0.2) is 47.6 Å². The number of fused-ring (bicyclic) bond motifs is 2. The van der Waals surface area contributed by atoms with E-state index >= 15 is 0 Å². The number of thioether (sulfide) groups is 1. The van der Waals surface area contributed by atoms with Crippen LogP contribution in [0.2, 0.25) is 0 Å². The summed E-state index contributed by atoms with van der Waals surface area (Å²) in [4.78, 5) is 10.2. The number of aliphatic hydroxyl groups is 1. The number of nitrogens with zero attached hydrogens (tertiary/aromatic N) is 1. The lowest BCUT2D eigenvalue weighted by Gasteiger charge is -2.39. The molecule has 28 heavy (non-hydrogen) atoms. The number of aryl methyl sites for hydroxylation is 1. The molecule has 2 aliphatic heterocycles. The Hall–Kier alpha value is -1.76. The van der Waals surface area contributed by atoms with Crippen LogP contribution in [0, 0.1) is 4.91 Å². The lowest BCUT2D eigenvalue weighted by Crippen LogP contribution is -2.37. The SMILES string of the molecule is O=NCC1CC(O)C[C@@]2(OCc3ccc(Cc4ccc(CCF)cc4)cc32)S1. The Morgan fingerprint density at radius 2 is 1.93 bits per heavy atom. The van der Waals surface area contributed by atoms with Gasteiger partial charge < -0.3 is 9.84 Å². The molecule has 2 aromatic carbocycles. The standard InChI is InChI=1S/C22H24FNO3S/c23-8-7-15-1-3-16(4-2-15)9-17-5-6-18-14-27-22(21(18)10-17)12-19(25)11-20(28-22)13-24-26/h1-6,10,19-20,25H,7-9,11-14H2/t19?,20?,22-/m1/s1. The number of alkyl halides is 1. The largest absolute Gasteiger partial charge is 0.393 e. The van der Waals surface area contributed by atoms with Crippen LogP contribution in [0.5, 0.6) is 0 Å². The van der Waals surface area contributed by atoms with Gasteiger partial charge in [-0.05, 0) is 40.7 Å². The van der Waals surface area contributed by atoms with E-state index in [0.717, 1.165) is 23.1 Å². The molecule has 1 fully saturated rings. The molecule has 0 aliphatic carbocycles. The van der Waals surface area contributed by atoms with Crippen molar-refractivity contribution in [1.29, 1.82) is 0 Å². The first-order valence-corrected chi connectivity index (χ1v) is 10.5. The first-order valence-electron chi connectivity index (χ1n) is 9.67. The van der Waals surface area contributed by atoms with Gasteiger partial charge in [-0.25, -0.2) is 0 Å². The average molecular weight is 402 g/mol. The quantitative estimate of drug-likeness (QED) is 0.725. The van der Waals surface area contributed by atoms with Crippen LogP contribution >= 0.6 is 11.8 Å². The van der Waals surface area contributed by atoms with Crippen molar-refractivity contribution < 1.29 is 14.2 Å². The second-order valence-corrected chi connectivity index (χ2v) is 9.17. The minimum Gasteiger partial charge on any atom is -0.393 e. The Morgan fingerprint density at radius 3 is 2.68 bits per heavy atom. The van der Waals surface area contributed by atoms with Crippen molar-refractivity contribution in [3.63, 3.8) is 0 Å². The molecule has 2 aromatic rings. The monoisotopic (exact) mass is 401 g/mol. The summed E-state index contributed by atoms with van der Waals surface area (Å²) in [5.74, 6) is 0. The zero-order chi connectivity index (χ0) is 19.6. The fraction of sp³-hybridized carbons (Fsp3) is 0.455. The van der Waals surface area contributed by atoms with Gasteiger partial charge in [0, 0.05) is 18.1 Å². The van der Waals surface area contributed by atoms with Crippen LogP contribution in [-0.4, -0.2) is 29.7 Å². The molecular weight excluding hydrogens is 377 g/mol. The number of nitroso groups, excluding NO2 is 1. The molecule has 0 saturated carbocycles. The van der Waals surface area contributed by atoms with Gasteiger partial charge in [0.25, 0.3) is 0 Å². The van der Waals surface area contributed by atoms with E-state index in [1.807, 2.05) is 12.1 Å². The molecule has 1 N–H and O–H groups in total. The molecule has 1 spiro atoms. The number of hydrogen-bond acceptors (Lipinski definition) is 5. The number of rotatable bonds is 6. The lowest BCUT2D eigenvalue weighted by molar-refractivity contribution is -0.0119. The van der Waals surface area contributed by atoms with E-state index < -0.39 is 11.0 Å². The second-order valence-electron chi connectivity index (χ2n) is 7.61. The van der Waals surface area contributed by atoms with Crippen molar-refractivity contribution in [2.24, 2.45) is 5.18 Å². The number of benzene rings is 2. The highest BCUT2D eigenvalue weighted by Gasteiger charge is 2.47. The van der Waals surface area contributed by atoms with Gasteiger partial charge in [-0.1, -0.05) is 47.6 Å². The zero-order valence-corrected chi connectivity index (χ0v) is 16.5. The normalized spacial score (nSPS) is 26.4. The summed E-state index contributed by atoms with van der Waals surface area (Å²) in [7, 11) is 0. The Morgan fingerprint density at radius 1 is 1.18 bits per heavy atom. The third kappa shape index (κ3) is 4.00. The van der Waals surface area contributed by atoms with E-state index in [-0.39, 0.29) is 18.5 Å². The van der Waals surface area contributed by atoms with Gasteiger partial charge in [-0.2, -0.15) is 4.91 Å². The van der Waals surface area contributed by atoms with E-state index in [1.54, 1.807) is 11.8 Å². The van der Waals surface area contributed by atoms with Gasteiger partial charge in [0.1, 0.15) is 4.93 Å². The molecule has 0 aromatic heterocycles. The maximum atomic E-state index is 12.5. The minimum atomic E-state index is -0.594. The number of aliphatic hydroxyl groups excluding tert-OH is 1. The maximum Gasteiger partial charge on any atom is 0.142 e. The third-order valence-electron chi connectivity index (χ3n) is 5.53. The molecule has 2 unspecified atom stereocenters. The van der Waals surface area contributed by atoms with Crippen molar-refractivity contribution in [2.75, 3.05) is 13.2 Å². The highest BCUT2D eigenvalue weighted by Crippen LogP contribution is 2.54. The molecule has 6 heteroatoms. The summed E-state index contributed by atoms with van der Waals surface area (Å²) in [6.07, 6.45) is 1.84. The second kappa shape index (κ2) is 8.31. The summed E-state index contributed by atoms with van der Waals surface area (Å²) in [6.45, 7) is 0.373. The fourth-order valence-corrected chi connectivity index (χ4v) is 5.90. The van der Waals surface area contributed by atoms with Gasteiger partial charge in [0.05, 0.1) is 25.9 Å². The van der Waals surface area contributed by atoms with Crippen LogP contribution in [0.3, 0.4) is 0 Å². The van der Waals surface area contributed by atoms with Gasteiger partial charge in [0.2, 0.25) is 0 Å². The summed E-state index contributed by atoms with van der Waals surface area (Å²) < 4.78 is 18.6. The van der Waals surface area contributed by atoms with Crippen LogP contribution in [0.25, 0.3) is 0 Å². The highest BCUT2D eigenvalue weighted by molar-refractivity contribution is 8.00. The molecule has 148 valence electrons. The lowest BCUT2D eigenvalue weighted by atomic mass is 9.94. The summed E-state index contributed by atoms with van der Waals surface area (Å²) in [6, 6.07) is 14.5. The first kappa shape index (κ1) is 19.6. The van der Waals surface area contributed by atoms with Gasteiger partial charge >= 0.3 is 0 Å². The van der Waals surface area contributed by atoms with Gasteiger partial charge in [-0.3, -0.25) is 4.39 Å². The van der Waals surface area contributed by atoms with E-state index in [2.05, 4.69) is 35.5 Å². The molecule has 2 aliphatic rings. The van der Waals surface area contributed by atoms with Crippen LogP contribution < -0.4 is 0 Å². The van der Waals surface area contributed by atoms with Crippen molar-refractivity contribution >= 4 is 11.8 Å². The molecule has 0 amide bonds. The van der Waals surface area contributed by atoms with Crippen molar-refractivity contribution in [1.82, 2.24) is 0 Å². The zero-order valence-electron chi connectivity index (χ0n) is 15.6. The Bertz CT molecular complexity index is 844. The molecular formula is C22H24FNO3S. The number of hydrogen-bond donors (Lipinski definition) is 1. The van der Waals surface area contributed by atoms with E-state index in [1.165, 1.54) is 11.1 Å². The predicted molar refractivity (Wildman–Crippen MR) is 109 cm³/mol.